The van der Waals surface area contributed by atoms with E-state index in [0.29, 0.717) is 11.4 Å². The molecule has 3 aromatic rings. The zero-order valence-corrected chi connectivity index (χ0v) is 17.3. The molecular weight excluding hydrogens is 425 g/mol. The average Bonchev–Trinajstić information content (AvgIpc) is 2.87. The van der Waals surface area contributed by atoms with Crippen LogP contribution in [0.15, 0.2) is 47.3 Å². The Kier molecular flexibility index (Phi) is 6.03. The van der Waals surface area contributed by atoms with Crippen molar-refractivity contribution in [3.8, 4) is 11.4 Å². The minimum absolute atomic E-state index is 0.181. The summed E-state index contributed by atoms with van der Waals surface area (Å²) in [5.41, 5.74) is 1.14. The van der Waals surface area contributed by atoms with Crippen LogP contribution in [0.5, 0.6) is 5.75 Å². The molecule has 0 aliphatic carbocycles. The number of amides is 1. The molecule has 0 aliphatic rings. The van der Waals surface area contributed by atoms with Gasteiger partial charge in [0, 0.05) is 13.1 Å². The number of halogens is 3. The number of benzene rings is 2. The van der Waals surface area contributed by atoms with Gasteiger partial charge >= 0.3 is 0 Å². The number of hydrogen-bond donors (Lipinski definition) is 1. The number of anilines is 1. The molecule has 0 saturated carbocycles. The highest BCUT2D eigenvalue weighted by molar-refractivity contribution is 6.43. The fourth-order valence-electron chi connectivity index (χ4n) is 2.65. The molecule has 0 spiro atoms. The van der Waals surface area contributed by atoms with Gasteiger partial charge in [0.2, 0.25) is 0 Å². The number of ether oxygens (including phenoxy) is 1. The summed E-state index contributed by atoms with van der Waals surface area (Å²) in [6.07, 6.45) is 0. The second kappa shape index (κ2) is 8.31. The van der Waals surface area contributed by atoms with E-state index in [9.17, 15) is 9.59 Å². The van der Waals surface area contributed by atoms with Gasteiger partial charge in [-0.1, -0.05) is 53.0 Å². The summed E-state index contributed by atoms with van der Waals surface area (Å²) < 4.78 is 8.55. The van der Waals surface area contributed by atoms with Gasteiger partial charge in [0.05, 0.1) is 26.4 Å². The van der Waals surface area contributed by atoms with Gasteiger partial charge in [-0.05, 0) is 25.1 Å². The number of nitrogens with one attached hydrogen (secondary N) is 1. The molecule has 1 N–H and O–H groups in total. The van der Waals surface area contributed by atoms with Crippen molar-refractivity contribution in [3.63, 3.8) is 0 Å². The van der Waals surface area contributed by atoms with Gasteiger partial charge in [0.25, 0.3) is 11.5 Å². The van der Waals surface area contributed by atoms with Crippen LogP contribution < -0.4 is 15.6 Å². The molecule has 0 saturated heterocycles. The molecule has 6 nitrogen and oxygen atoms in total. The third kappa shape index (κ3) is 4.04. The lowest BCUT2D eigenvalue weighted by molar-refractivity contribution is -0.118. The normalized spacial score (nSPS) is 10.8. The summed E-state index contributed by atoms with van der Waals surface area (Å²) in [7, 11) is 1.74. The molecule has 0 atom stereocenters. The lowest BCUT2D eigenvalue weighted by Crippen LogP contribution is -2.25. The third-order valence-corrected chi connectivity index (χ3v) is 5.17. The van der Waals surface area contributed by atoms with Crippen molar-refractivity contribution >= 4 is 46.4 Å². The van der Waals surface area contributed by atoms with E-state index < -0.39 is 5.91 Å². The van der Waals surface area contributed by atoms with E-state index in [1.54, 1.807) is 18.7 Å². The van der Waals surface area contributed by atoms with E-state index in [-0.39, 0.29) is 38.7 Å². The van der Waals surface area contributed by atoms with Gasteiger partial charge in [-0.2, -0.15) is 0 Å². The van der Waals surface area contributed by atoms with Crippen molar-refractivity contribution < 1.29 is 9.53 Å². The topological polar surface area (TPSA) is 65.3 Å². The molecule has 0 aliphatic heterocycles. The number of para-hydroxylation sites is 1. The van der Waals surface area contributed by atoms with E-state index in [0.717, 1.165) is 0 Å². The summed E-state index contributed by atoms with van der Waals surface area (Å²) in [4.78, 5) is 25.1. The zero-order chi connectivity index (χ0) is 20.4. The fraction of sp³-hybridized carbons (Fsp3) is 0.158. The first kappa shape index (κ1) is 20.3. The summed E-state index contributed by atoms with van der Waals surface area (Å²) in [6, 6.07) is 12.0. The van der Waals surface area contributed by atoms with Crippen LogP contribution in [0.4, 0.5) is 5.69 Å². The number of carbonyl (C=O) groups is 1. The smallest absolute Gasteiger partial charge is 0.295 e. The van der Waals surface area contributed by atoms with Gasteiger partial charge in [0.15, 0.2) is 6.61 Å². The van der Waals surface area contributed by atoms with Gasteiger partial charge in [-0.25, -0.2) is 4.68 Å². The van der Waals surface area contributed by atoms with Crippen molar-refractivity contribution in [2.45, 2.75) is 6.92 Å². The minimum Gasteiger partial charge on any atom is -0.482 e. The monoisotopic (exact) mass is 439 g/mol. The standard InChI is InChI=1S/C19H16Cl3N3O3/c1-11-18(19(27)25(24(11)2)12-6-4-3-5-7-12)23-17(26)10-28-16-9-14(21)13(20)8-15(16)22/h3-9H,10H2,1-2H3,(H,23,26). The van der Waals surface area contributed by atoms with Gasteiger partial charge in [-0.3, -0.25) is 14.3 Å². The average molecular weight is 441 g/mol. The number of rotatable bonds is 5. The van der Waals surface area contributed by atoms with Crippen LogP contribution in [0.3, 0.4) is 0 Å². The molecule has 9 heteroatoms. The largest absolute Gasteiger partial charge is 0.482 e. The molecule has 146 valence electrons. The molecular formula is C19H16Cl3N3O3. The summed E-state index contributed by atoms with van der Waals surface area (Å²) >= 11 is 17.8. The molecule has 0 fully saturated rings. The van der Waals surface area contributed by atoms with Crippen molar-refractivity contribution in [2.24, 2.45) is 7.05 Å². The van der Waals surface area contributed by atoms with E-state index >= 15 is 0 Å². The number of nitrogens with zero attached hydrogens (tertiary/aromatic N) is 2. The first-order chi connectivity index (χ1) is 13.3. The maximum absolute atomic E-state index is 12.8. The Morgan fingerprint density at radius 1 is 1.07 bits per heavy atom. The lowest BCUT2D eigenvalue weighted by Gasteiger charge is -2.09. The SMILES string of the molecule is Cc1c(NC(=O)COc2cc(Cl)c(Cl)cc2Cl)c(=O)n(-c2ccccc2)n1C. The highest BCUT2D eigenvalue weighted by Crippen LogP contribution is 2.33. The van der Waals surface area contributed by atoms with Gasteiger partial charge in [-0.15, -0.1) is 0 Å². The Morgan fingerprint density at radius 2 is 1.71 bits per heavy atom. The summed E-state index contributed by atoms with van der Waals surface area (Å²) in [5.74, 6) is -0.286. The Hall–Kier alpha value is -2.41. The van der Waals surface area contributed by atoms with Crippen molar-refractivity contribution in [2.75, 3.05) is 11.9 Å². The maximum Gasteiger partial charge on any atom is 0.295 e. The highest BCUT2D eigenvalue weighted by Gasteiger charge is 2.18. The molecule has 1 amide bonds. The second-order valence-electron chi connectivity index (χ2n) is 5.97. The molecule has 0 unspecified atom stereocenters. The number of aromatic nitrogens is 2. The van der Waals surface area contributed by atoms with E-state index in [1.165, 1.54) is 16.8 Å². The molecule has 0 bridgehead atoms. The second-order valence-corrected chi connectivity index (χ2v) is 7.19. The molecule has 1 aromatic heterocycles. The Bertz CT molecular complexity index is 1090. The van der Waals surface area contributed by atoms with E-state index in [2.05, 4.69) is 5.32 Å². The van der Waals surface area contributed by atoms with Crippen molar-refractivity contribution in [1.82, 2.24) is 9.36 Å². The first-order valence-electron chi connectivity index (χ1n) is 8.20. The number of hydrogen-bond acceptors (Lipinski definition) is 3. The predicted molar refractivity (Wildman–Crippen MR) is 111 cm³/mol. The van der Waals surface area contributed by atoms with Gasteiger partial charge < -0.3 is 10.1 Å². The number of carbonyl (C=O) groups excluding carboxylic acids is 1. The van der Waals surface area contributed by atoms with Crippen LogP contribution in [0.1, 0.15) is 5.69 Å². The van der Waals surface area contributed by atoms with Crippen LogP contribution in [-0.4, -0.2) is 21.9 Å². The lowest BCUT2D eigenvalue weighted by atomic mass is 10.3. The van der Waals surface area contributed by atoms with E-state index in [1.807, 2.05) is 30.3 Å². The predicted octanol–water partition coefficient (Wildman–Crippen LogP) is 4.46. The molecule has 1 heterocycles. The summed E-state index contributed by atoms with van der Waals surface area (Å²) in [5, 5.41) is 3.37. The maximum atomic E-state index is 12.8. The quantitative estimate of drug-likeness (QED) is 0.596. The molecule has 2 aromatic carbocycles. The van der Waals surface area contributed by atoms with Crippen LogP contribution in [-0.2, 0) is 11.8 Å². The zero-order valence-electron chi connectivity index (χ0n) is 15.0. The highest BCUT2D eigenvalue weighted by atomic mass is 35.5. The Labute approximate surface area is 176 Å². The Balaban J connectivity index is 1.78. The van der Waals surface area contributed by atoms with Crippen LogP contribution >= 0.6 is 34.8 Å². The third-order valence-electron chi connectivity index (χ3n) is 4.15. The Morgan fingerprint density at radius 3 is 2.39 bits per heavy atom. The van der Waals surface area contributed by atoms with Crippen LogP contribution in [0, 0.1) is 6.92 Å². The van der Waals surface area contributed by atoms with Crippen molar-refractivity contribution in [3.05, 3.63) is 73.6 Å². The van der Waals surface area contributed by atoms with Crippen LogP contribution in [0.25, 0.3) is 5.69 Å². The van der Waals surface area contributed by atoms with E-state index in [4.69, 9.17) is 39.5 Å². The first-order valence-corrected chi connectivity index (χ1v) is 9.34. The fourth-order valence-corrected chi connectivity index (χ4v) is 3.24. The molecule has 3 rings (SSSR count). The van der Waals surface area contributed by atoms with Crippen molar-refractivity contribution in [1.29, 1.82) is 0 Å². The molecule has 28 heavy (non-hydrogen) atoms. The summed E-state index contributed by atoms with van der Waals surface area (Å²) in [6.45, 7) is 1.39. The van der Waals surface area contributed by atoms with Crippen LogP contribution in [0.2, 0.25) is 15.1 Å². The molecule has 0 radical (unpaired) electrons. The minimum atomic E-state index is -0.506. The van der Waals surface area contributed by atoms with Gasteiger partial charge in [0.1, 0.15) is 11.4 Å².